The molecular formula is C24H34NO3+. The first-order valence-electron chi connectivity index (χ1n) is 10.5. The molecule has 3 rings (SSSR count). The number of likely N-dealkylation sites (tertiary alicyclic amines) is 1. The van der Waals surface area contributed by atoms with Gasteiger partial charge in [0.25, 0.3) is 0 Å². The molecule has 152 valence electrons. The van der Waals surface area contributed by atoms with E-state index in [1.54, 1.807) is 0 Å². The Bertz CT molecular complexity index is 704. The number of nitrogens with one attached hydrogen (secondary N) is 1. The van der Waals surface area contributed by atoms with Gasteiger partial charge in [-0.05, 0) is 42.9 Å². The molecule has 0 amide bonds. The molecule has 1 heterocycles. The van der Waals surface area contributed by atoms with E-state index in [1.807, 2.05) is 30.3 Å². The van der Waals surface area contributed by atoms with Gasteiger partial charge in [-0.1, -0.05) is 54.6 Å². The van der Waals surface area contributed by atoms with Gasteiger partial charge in [0, 0.05) is 13.0 Å². The Morgan fingerprint density at radius 1 is 1.07 bits per heavy atom. The highest BCUT2D eigenvalue weighted by Gasteiger charge is 2.28. The van der Waals surface area contributed by atoms with Crippen LogP contribution in [0.1, 0.15) is 48.5 Å². The predicted octanol–water partition coefficient (Wildman–Crippen LogP) is 2.28. The summed E-state index contributed by atoms with van der Waals surface area (Å²) < 4.78 is 6.28. The molecule has 0 spiro atoms. The van der Waals surface area contributed by atoms with Crippen LogP contribution in [0, 0.1) is 6.92 Å². The highest BCUT2D eigenvalue weighted by molar-refractivity contribution is 5.35. The number of piperidine rings is 1. The summed E-state index contributed by atoms with van der Waals surface area (Å²) in [6.45, 7) is 4.39. The van der Waals surface area contributed by atoms with Crippen LogP contribution in [-0.2, 0) is 4.74 Å². The molecule has 0 saturated carbocycles. The monoisotopic (exact) mass is 384 g/mol. The standard InChI is InChI=1S/C24H33NO3/c1-19-9-5-6-13-23(19)24(20-10-3-2-4-11-20)28-18-22(27)17-25-15-8-7-12-21(25)14-16-26/h2-6,9-11,13,21-22,24,26-27H,7-8,12,14-18H2,1H3/p+1/t21-,22+,24-/m1/s1. The van der Waals surface area contributed by atoms with E-state index < -0.39 is 6.10 Å². The fourth-order valence-electron chi connectivity index (χ4n) is 4.37. The van der Waals surface area contributed by atoms with Gasteiger partial charge >= 0.3 is 0 Å². The largest absolute Gasteiger partial charge is 0.396 e. The van der Waals surface area contributed by atoms with Gasteiger partial charge in [0.1, 0.15) is 18.8 Å². The number of hydrogen-bond donors (Lipinski definition) is 3. The van der Waals surface area contributed by atoms with Crippen LogP contribution in [0.2, 0.25) is 0 Å². The molecule has 0 aliphatic carbocycles. The Balaban J connectivity index is 1.65. The average Bonchev–Trinajstić information content (AvgIpc) is 2.72. The van der Waals surface area contributed by atoms with Gasteiger partial charge in [-0.25, -0.2) is 0 Å². The van der Waals surface area contributed by atoms with E-state index in [0.29, 0.717) is 19.2 Å². The Hall–Kier alpha value is -1.72. The van der Waals surface area contributed by atoms with Crippen molar-refractivity contribution in [1.82, 2.24) is 0 Å². The molecule has 1 fully saturated rings. The molecule has 1 aliphatic heterocycles. The molecule has 0 bridgehead atoms. The lowest BCUT2D eigenvalue weighted by atomic mass is 9.97. The fourth-order valence-corrected chi connectivity index (χ4v) is 4.37. The van der Waals surface area contributed by atoms with Crippen LogP contribution in [0.15, 0.2) is 54.6 Å². The highest BCUT2D eigenvalue weighted by Crippen LogP contribution is 2.28. The van der Waals surface area contributed by atoms with Crippen LogP contribution in [0.4, 0.5) is 0 Å². The predicted molar refractivity (Wildman–Crippen MR) is 111 cm³/mol. The maximum Gasteiger partial charge on any atom is 0.126 e. The summed E-state index contributed by atoms with van der Waals surface area (Å²) in [6.07, 6.45) is 3.69. The number of hydrogen-bond acceptors (Lipinski definition) is 3. The quantitative estimate of drug-likeness (QED) is 0.622. The Morgan fingerprint density at radius 2 is 1.82 bits per heavy atom. The summed E-state index contributed by atoms with van der Waals surface area (Å²) in [5, 5.41) is 20.0. The zero-order valence-corrected chi connectivity index (χ0v) is 16.9. The molecule has 4 heteroatoms. The molecular weight excluding hydrogens is 350 g/mol. The van der Waals surface area contributed by atoms with Crippen LogP contribution in [0.3, 0.4) is 0 Å². The van der Waals surface area contributed by atoms with Gasteiger partial charge in [0.05, 0.1) is 19.2 Å². The van der Waals surface area contributed by atoms with Gasteiger partial charge < -0.3 is 19.8 Å². The normalized spacial score (nSPS) is 22.0. The van der Waals surface area contributed by atoms with E-state index in [4.69, 9.17) is 4.74 Å². The van der Waals surface area contributed by atoms with Gasteiger partial charge in [-0.3, -0.25) is 0 Å². The van der Waals surface area contributed by atoms with Gasteiger partial charge in [0.2, 0.25) is 0 Å². The van der Waals surface area contributed by atoms with E-state index in [9.17, 15) is 10.2 Å². The maximum atomic E-state index is 10.7. The molecule has 2 aromatic rings. The summed E-state index contributed by atoms with van der Waals surface area (Å²) in [4.78, 5) is 1.41. The third kappa shape index (κ3) is 5.65. The van der Waals surface area contributed by atoms with Crippen LogP contribution >= 0.6 is 0 Å². The lowest BCUT2D eigenvalue weighted by Gasteiger charge is -2.34. The molecule has 2 aromatic carbocycles. The molecule has 28 heavy (non-hydrogen) atoms. The minimum atomic E-state index is -0.510. The second-order valence-electron chi connectivity index (χ2n) is 7.95. The molecule has 4 nitrogen and oxygen atoms in total. The number of quaternary nitrogens is 1. The number of rotatable bonds is 9. The second kappa shape index (κ2) is 10.7. The van der Waals surface area contributed by atoms with Gasteiger partial charge in [0.15, 0.2) is 0 Å². The van der Waals surface area contributed by atoms with Crippen molar-refractivity contribution in [2.45, 2.75) is 50.9 Å². The van der Waals surface area contributed by atoms with Crippen molar-refractivity contribution in [3.8, 4) is 0 Å². The highest BCUT2D eigenvalue weighted by atomic mass is 16.5. The SMILES string of the molecule is Cc1ccccc1[C@H](OC[C@@H](O)C[NH+]1CCCC[C@@H]1CCO)c1ccccc1. The minimum Gasteiger partial charge on any atom is -0.396 e. The smallest absolute Gasteiger partial charge is 0.126 e. The maximum absolute atomic E-state index is 10.7. The number of aliphatic hydroxyl groups is 2. The summed E-state index contributed by atoms with van der Waals surface area (Å²) in [5.41, 5.74) is 3.44. The summed E-state index contributed by atoms with van der Waals surface area (Å²) in [6, 6.07) is 19.0. The fraction of sp³-hybridized carbons (Fsp3) is 0.500. The van der Waals surface area contributed by atoms with Crippen molar-refractivity contribution in [3.63, 3.8) is 0 Å². The second-order valence-corrected chi connectivity index (χ2v) is 7.95. The zero-order chi connectivity index (χ0) is 19.8. The third-order valence-corrected chi connectivity index (χ3v) is 5.88. The lowest BCUT2D eigenvalue weighted by molar-refractivity contribution is -0.934. The van der Waals surface area contributed by atoms with Crippen LogP contribution in [0.5, 0.6) is 0 Å². The molecule has 1 saturated heterocycles. The number of aryl methyl sites for hydroxylation is 1. The molecule has 0 aromatic heterocycles. The lowest BCUT2D eigenvalue weighted by Crippen LogP contribution is -3.17. The topological polar surface area (TPSA) is 54.1 Å². The average molecular weight is 385 g/mol. The van der Waals surface area contributed by atoms with Crippen LogP contribution in [0.25, 0.3) is 0 Å². The first-order chi connectivity index (χ1) is 13.7. The Kier molecular flexibility index (Phi) is 8.04. The number of aliphatic hydroxyl groups excluding tert-OH is 2. The van der Waals surface area contributed by atoms with E-state index in [-0.39, 0.29) is 12.7 Å². The first-order valence-corrected chi connectivity index (χ1v) is 10.5. The summed E-state index contributed by atoms with van der Waals surface area (Å²) in [5.74, 6) is 0. The van der Waals surface area contributed by atoms with E-state index in [1.165, 1.54) is 23.3 Å². The van der Waals surface area contributed by atoms with Crippen molar-refractivity contribution in [2.75, 3.05) is 26.3 Å². The van der Waals surface area contributed by atoms with Gasteiger partial charge in [-0.2, -0.15) is 0 Å². The molecule has 4 atom stereocenters. The van der Waals surface area contributed by atoms with E-state index in [0.717, 1.165) is 30.5 Å². The van der Waals surface area contributed by atoms with E-state index in [2.05, 4.69) is 31.2 Å². The zero-order valence-electron chi connectivity index (χ0n) is 16.9. The minimum absolute atomic E-state index is 0.179. The molecule has 1 unspecified atom stereocenters. The third-order valence-electron chi connectivity index (χ3n) is 5.88. The summed E-state index contributed by atoms with van der Waals surface area (Å²) >= 11 is 0. The molecule has 3 N–H and O–H groups in total. The van der Waals surface area contributed by atoms with Crippen molar-refractivity contribution in [3.05, 3.63) is 71.3 Å². The van der Waals surface area contributed by atoms with Crippen molar-refractivity contribution < 1.29 is 19.8 Å². The van der Waals surface area contributed by atoms with Crippen LogP contribution < -0.4 is 4.90 Å². The Morgan fingerprint density at radius 3 is 2.57 bits per heavy atom. The molecule has 1 aliphatic rings. The van der Waals surface area contributed by atoms with E-state index >= 15 is 0 Å². The van der Waals surface area contributed by atoms with Crippen molar-refractivity contribution in [1.29, 1.82) is 0 Å². The van der Waals surface area contributed by atoms with Crippen LogP contribution in [-0.4, -0.2) is 48.7 Å². The van der Waals surface area contributed by atoms with Gasteiger partial charge in [-0.15, -0.1) is 0 Å². The number of ether oxygens (including phenoxy) is 1. The first kappa shape index (κ1) is 21.0. The van der Waals surface area contributed by atoms with Crippen molar-refractivity contribution >= 4 is 0 Å². The molecule has 0 radical (unpaired) electrons. The summed E-state index contributed by atoms with van der Waals surface area (Å²) in [7, 11) is 0. The van der Waals surface area contributed by atoms with Crippen molar-refractivity contribution in [2.24, 2.45) is 0 Å². The number of benzene rings is 2. The Labute approximate surface area is 168 Å².